The van der Waals surface area contributed by atoms with Crippen LogP contribution in [0.25, 0.3) is 0 Å². The zero-order chi connectivity index (χ0) is 9.73. The van der Waals surface area contributed by atoms with Crippen molar-refractivity contribution in [1.29, 1.82) is 0 Å². The fourth-order valence-corrected chi connectivity index (χ4v) is 1.88. The van der Waals surface area contributed by atoms with Crippen LogP contribution in [0.3, 0.4) is 0 Å². The highest BCUT2D eigenvalue weighted by Crippen LogP contribution is 2.24. The predicted octanol–water partition coefficient (Wildman–Crippen LogP) is 1.42. The van der Waals surface area contributed by atoms with Crippen LogP contribution >= 0.6 is 0 Å². The lowest BCUT2D eigenvalue weighted by Gasteiger charge is -2.34. The Bertz CT molecular complexity index is 140. The van der Waals surface area contributed by atoms with Gasteiger partial charge in [-0.3, -0.25) is 0 Å². The molecular weight excluding hydrogens is 167 g/mol. The van der Waals surface area contributed by atoms with E-state index in [1.165, 1.54) is 0 Å². The van der Waals surface area contributed by atoms with E-state index in [0.29, 0.717) is 19.4 Å². The Morgan fingerprint density at radius 3 is 2.23 bits per heavy atom. The van der Waals surface area contributed by atoms with Crippen LogP contribution in [-0.2, 0) is 0 Å². The molecule has 0 aliphatic carbocycles. The van der Waals surface area contributed by atoms with Crippen molar-refractivity contribution in [3.63, 3.8) is 0 Å². The van der Waals surface area contributed by atoms with Crippen molar-refractivity contribution in [2.24, 2.45) is 0 Å². The van der Waals surface area contributed by atoms with Gasteiger partial charge in [0.05, 0.1) is 0 Å². The van der Waals surface area contributed by atoms with Crippen LogP contribution in [0.2, 0.25) is 0 Å². The van der Waals surface area contributed by atoms with Crippen LogP contribution in [0.15, 0.2) is 0 Å². The van der Waals surface area contributed by atoms with Crippen LogP contribution < -0.4 is 5.32 Å². The van der Waals surface area contributed by atoms with Gasteiger partial charge in [0.2, 0.25) is 0 Å². The first-order valence-corrected chi connectivity index (χ1v) is 5.32. The van der Waals surface area contributed by atoms with Gasteiger partial charge in [0.15, 0.2) is 0 Å². The van der Waals surface area contributed by atoms with Crippen molar-refractivity contribution in [2.75, 3.05) is 32.7 Å². The molecule has 0 unspecified atom stereocenters. The molecule has 0 spiro atoms. The van der Waals surface area contributed by atoms with Gasteiger partial charge >= 0.3 is 0 Å². The highest BCUT2D eigenvalue weighted by molar-refractivity contribution is 4.87. The van der Waals surface area contributed by atoms with Gasteiger partial charge in [-0.2, -0.15) is 0 Å². The van der Waals surface area contributed by atoms with E-state index in [0.717, 1.165) is 26.2 Å². The van der Waals surface area contributed by atoms with Gasteiger partial charge in [0.1, 0.15) is 5.67 Å². The van der Waals surface area contributed by atoms with Gasteiger partial charge in [-0.25, -0.2) is 4.39 Å². The molecule has 0 aromatic rings. The first kappa shape index (κ1) is 10.9. The minimum Gasteiger partial charge on any atom is -0.316 e. The van der Waals surface area contributed by atoms with Crippen LogP contribution in [0.5, 0.6) is 0 Å². The molecule has 0 atom stereocenters. The summed E-state index contributed by atoms with van der Waals surface area (Å²) in [5.74, 6) is 0. The zero-order valence-electron chi connectivity index (χ0n) is 8.77. The molecule has 13 heavy (non-hydrogen) atoms. The van der Waals surface area contributed by atoms with Crippen molar-refractivity contribution >= 4 is 0 Å². The smallest absolute Gasteiger partial charge is 0.126 e. The van der Waals surface area contributed by atoms with E-state index in [1.807, 2.05) is 0 Å². The predicted molar refractivity (Wildman–Crippen MR) is 53.7 cm³/mol. The largest absolute Gasteiger partial charge is 0.316 e. The molecular formula is C10H21FN2. The van der Waals surface area contributed by atoms with E-state index in [4.69, 9.17) is 0 Å². The number of rotatable bonds is 4. The standard InChI is InChI=1S/C10H21FN2/c1-3-13(4-2)9-10(11)5-7-12-8-6-10/h12H,3-9H2,1-2H3. The molecule has 1 saturated heterocycles. The van der Waals surface area contributed by atoms with Gasteiger partial charge in [-0.15, -0.1) is 0 Å². The van der Waals surface area contributed by atoms with Gasteiger partial charge < -0.3 is 10.2 Å². The van der Waals surface area contributed by atoms with E-state index in [9.17, 15) is 4.39 Å². The Labute approximate surface area is 80.5 Å². The third kappa shape index (κ3) is 3.24. The summed E-state index contributed by atoms with van der Waals surface area (Å²) in [6.07, 6.45) is 1.34. The maximum atomic E-state index is 14.1. The SMILES string of the molecule is CCN(CC)CC1(F)CCNCC1. The first-order valence-electron chi connectivity index (χ1n) is 5.32. The molecule has 78 valence electrons. The van der Waals surface area contributed by atoms with E-state index < -0.39 is 5.67 Å². The maximum Gasteiger partial charge on any atom is 0.126 e. The topological polar surface area (TPSA) is 15.3 Å². The fourth-order valence-electron chi connectivity index (χ4n) is 1.88. The third-order valence-corrected chi connectivity index (χ3v) is 2.90. The van der Waals surface area contributed by atoms with Crippen molar-refractivity contribution in [3.05, 3.63) is 0 Å². The van der Waals surface area contributed by atoms with E-state index >= 15 is 0 Å². The second-order valence-corrected chi connectivity index (χ2v) is 3.86. The lowest BCUT2D eigenvalue weighted by molar-refractivity contribution is 0.0658. The first-order chi connectivity index (χ1) is 6.20. The van der Waals surface area contributed by atoms with Gasteiger partial charge in [-0.1, -0.05) is 13.8 Å². The molecule has 1 rings (SSSR count). The molecule has 2 nitrogen and oxygen atoms in total. The number of piperidine rings is 1. The van der Waals surface area contributed by atoms with Crippen molar-refractivity contribution in [3.8, 4) is 0 Å². The molecule has 1 N–H and O–H groups in total. The van der Waals surface area contributed by atoms with Crippen LogP contribution in [0.4, 0.5) is 4.39 Å². The Hall–Kier alpha value is -0.150. The number of alkyl halides is 1. The number of halogens is 1. The summed E-state index contributed by atoms with van der Waals surface area (Å²) < 4.78 is 14.1. The molecule has 1 heterocycles. The zero-order valence-corrected chi connectivity index (χ0v) is 8.77. The molecule has 0 aromatic carbocycles. The van der Waals surface area contributed by atoms with Crippen molar-refractivity contribution in [2.45, 2.75) is 32.4 Å². The van der Waals surface area contributed by atoms with E-state index in [-0.39, 0.29) is 0 Å². The third-order valence-electron chi connectivity index (χ3n) is 2.90. The van der Waals surface area contributed by atoms with Crippen molar-refractivity contribution in [1.82, 2.24) is 10.2 Å². The van der Waals surface area contributed by atoms with Gasteiger partial charge in [0, 0.05) is 6.54 Å². The Morgan fingerprint density at radius 1 is 1.23 bits per heavy atom. The number of hydrogen-bond donors (Lipinski definition) is 1. The Kier molecular flexibility index (Phi) is 4.13. The number of hydrogen-bond acceptors (Lipinski definition) is 2. The quantitative estimate of drug-likeness (QED) is 0.718. The minimum absolute atomic E-state index is 0.613. The summed E-state index contributed by atoms with van der Waals surface area (Å²) in [7, 11) is 0. The molecule has 0 saturated carbocycles. The average molecular weight is 188 g/mol. The summed E-state index contributed by atoms with van der Waals surface area (Å²) >= 11 is 0. The normalized spacial score (nSPS) is 22.2. The monoisotopic (exact) mass is 188 g/mol. The van der Waals surface area contributed by atoms with E-state index in [2.05, 4.69) is 24.1 Å². The molecule has 1 aliphatic rings. The molecule has 0 amide bonds. The molecule has 1 aliphatic heterocycles. The summed E-state index contributed by atoms with van der Waals surface area (Å²) in [4.78, 5) is 2.17. The number of nitrogens with zero attached hydrogens (tertiary/aromatic N) is 1. The van der Waals surface area contributed by atoms with Crippen LogP contribution in [0, 0.1) is 0 Å². The second kappa shape index (κ2) is 4.91. The van der Waals surface area contributed by atoms with Crippen molar-refractivity contribution < 1.29 is 4.39 Å². The summed E-state index contributed by atoms with van der Waals surface area (Å²) in [6, 6.07) is 0. The summed E-state index contributed by atoms with van der Waals surface area (Å²) in [5.41, 5.74) is -0.933. The second-order valence-electron chi connectivity index (χ2n) is 3.86. The maximum absolute atomic E-state index is 14.1. The number of nitrogens with one attached hydrogen (secondary N) is 1. The fraction of sp³-hybridized carbons (Fsp3) is 1.00. The van der Waals surface area contributed by atoms with E-state index in [1.54, 1.807) is 0 Å². The molecule has 0 aromatic heterocycles. The Morgan fingerprint density at radius 2 is 1.77 bits per heavy atom. The minimum atomic E-state index is -0.933. The van der Waals surface area contributed by atoms with Gasteiger partial charge in [-0.05, 0) is 39.0 Å². The molecule has 0 radical (unpaired) electrons. The van der Waals surface area contributed by atoms with Crippen LogP contribution in [0.1, 0.15) is 26.7 Å². The summed E-state index contributed by atoms with van der Waals surface area (Å²) in [5, 5.41) is 3.19. The van der Waals surface area contributed by atoms with Crippen LogP contribution in [-0.4, -0.2) is 43.3 Å². The molecule has 0 bridgehead atoms. The average Bonchev–Trinajstić information content (AvgIpc) is 2.15. The highest BCUT2D eigenvalue weighted by Gasteiger charge is 2.32. The summed E-state index contributed by atoms with van der Waals surface area (Å²) in [6.45, 7) is 8.37. The lowest BCUT2D eigenvalue weighted by Crippen LogP contribution is -2.46. The molecule has 3 heteroatoms. The lowest BCUT2D eigenvalue weighted by atomic mass is 9.94. The molecule has 1 fully saturated rings. The van der Waals surface area contributed by atoms with Gasteiger partial charge in [0.25, 0.3) is 0 Å². The Balaban J connectivity index is 2.39. The highest BCUT2D eigenvalue weighted by atomic mass is 19.1.